The molecule has 2 aromatic rings. The zero-order valence-electron chi connectivity index (χ0n) is 11.2. The van der Waals surface area contributed by atoms with Gasteiger partial charge in [0.1, 0.15) is 11.3 Å². The Kier molecular flexibility index (Phi) is 3.66. The van der Waals surface area contributed by atoms with E-state index >= 15 is 0 Å². The number of hydrogen-bond donors (Lipinski definition) is 2. The number of rotatable bonds is 4. The smallest absolute Gasteiger partial charge is 0.354 e. The molecule has 0 radical (unpaired) electrons. The average Bonchev–Trinajstić information content (AvgIpc) is 2.41. The molecule has 0 aliphatic rings. The third-order valence-electron chi connectivity index (χ3n) is 3.14. The van der Waals surface area contributed by atoms with E-state index in [0.717, 1.165) is 10.9 Å². The summed E-state index contributed by atoms with van der Waals surface area (Å²) >= 11 is 0. The van der Waals surface area contributed by atoms with Gasteiger partial charge < -0.3 is 15.2 Å². The number of ether oxygens (including phenoxy) is 1. The summed E-state index contributed by atoms with van der Waals surface area (Å²) in [5.41, 5.74) is 2.27. The van der Waals surface area contributed by atoms with E-state index in [2.05, 4.69) is 10.3 Å². The highest BCUT2D eigenvalue weighted by Crippen LogP contribution is 2.29. The van der Waals surface area contributed by atoms with Crippen LogP contribution in [0.1, 0.15) is 21.6 Å². The molecule has 19 heavy (non-hydrogen) atoms. The summed E-state index contributed by atoms with van der Waals surface area (Å²) in [5, 5.41) is 13.2. The van der Waals surface area contributed by atoms with E-state index in [1.807, 2.05) is 19.1 Å². The normalized spacial score (nSPS) is 10.7. The second-order valence-electron chi connectivity index (χ2n) is 4.26. The van der Waals surface area contributed by atoms with E-state index in [-0.39, 0.29) is 5.69 Å². The van der Waals surface area contributed by atoms with Crippen molar-refractivity contribution in [2.45, 2.75) is 13.5 Å². The fourth-order valence-electron chi connectivity index (χ4n) is 2.19. The quantitative estimate of drug-likeness (QED) is 0.879. The summed E-state index contributed by atoms with van der Waals surface area (Å²) in [5.74, 6) is -0.444. The summed E-state index contributed by atoms with van der Waals surface area (Å²) in [6, 6.07) is 5.57. The minimum Gasteiger partial charge on any atom is -0.494 e. The Labute approximate surface area is 111 Å². The standard InChI is InChI=1S/C14H16N2O3/c1-8-9-5-4-6-11(19-3)12(9)16-13(14(17)18)10(8)7-15-2/h4-6,15H,7H2,1-3H3,(H,17,18). The van der Waals surface area contributed by atoms with Gasteiger partial charge in [0.2, 0.25) is 0 Å². The molecule has 0 atom stereocenters. The topological polar surface area (TPSA) is 71.5 Å². The van der Waals surface area contributed by atoms with Gasteiger partial charge in [-0.25, -0.2) is 9.78 Å². The molecule has 0 spiro atoms. The first-order valence-electron chi connectivity index (χ1n) is 5.94. The summed E-state index contributed by atoms with van der Waals surface area (Å²) < 4.78 is 5.25. The zero-order chi connectivity index (χ0) is 14.0. The number of carboxylic acid groups (broad SMARTS) is 1. The molecule has 1 aromatic carbocycles. The lowest BCUT2D eigenvalue weighted by Gasteiger charge is -2.13. The van der Waals surface area contributed by atoms with Crippen molar-refractivity contribution in [2.24, 2.45) is 0 Å². The largest absolute Gasteiger partial charge is 0.494 e. The van der Waals surface area contributed by atoms with Crippen LogP contribution in [0.3, 0.4) is 0 Å². The van der Waals surface area contributed by atoms with Gasteiger partial charge in [-0.1, -0.05) is 12.1 Å². The van der Waals surface area contributed by atoms with Crippen LogP contribution in [0.2, 0.25) is 0 Å². The Balaban J connectivity index is 2.84. The Bertz CT molecular complexity index is 638. The highest BCUT2D eigenvalue weighted by molar-refractivity contribution is 5.95. The molecule has 0 fully saturated rings. The number of carboxylic acids is 1. The maximum atomic E-state index is 11.4. The predicted molar refractivity (Wildman–Crippen MR) is 72.8 cm³/mol. The summed E-state index contributed by atoms with van der Waals surface area (Å²) in [6.07, 6.45) is 0. The molecule has 1 heterocycles. The number of aromatic nitrogens is 1. The molecular weight excluding hydrogens is 244 g/mol. The van der Waals surface area contributed by atoms with Crippen LogP contribution in [0, 0.1) is 6.92 Å². The van der Waals surface area contributed by atoms with E-state index in [1.165, 1.54) is 0 Å². The van der Waals surface area contributed by atoms with Crippen molar-refractivity contribution >= 4 is 16.9 Å². The Hall–Kier alpha value is -2.14. The molecule has 0 unspecified atom stereocenters. The van der Waals surface area contributed by atoms with Crippen molar-refractivity contribution < 1.29 is 14.6 Å². The van der Waals surface area contributed by atoms with Crippen molar-refractivity contribution in [2.75, 3.05) is 14.2 Å². The first-order valence-corrected chi connectivity index (χ1v) is 5.94. The molecule has 100 valence electrons. The van der Waals surface area contributed by atoms with E-state index in [9.17, 15) is 9.90 Å². The van der Waals surface area contributed by atoms with Gasteiger partial charge in [-0.15, -0.1) is 0 Å². The van der Waals surface area contributed by atoms with Gasteiger partial charge in [0.15, 0.2) is 5.69 Å². The number of para-hydroxylation sites is 1. The van der Waals surface area contributed by atoms with Crippen LogP contribution in [0.25, 0.3) is 10.9 Å². The monoisotopic (exact) mass is 260 g/mol. The Morgan fingerprint density at radius 1 is 1.47 bits per heavy atom. The maximum absolute atomic E-state index is 11.4. The third kappa shape index (κ3) is 2.24. The van der Waals surface area contributed by atoms with Crippen molar-refractivity contribution in [1.82, 2.24) is 10.3 Å². The summed E-state index contributed by atoms with van der Waals surface area (Å²) in [6.45, 7) is 2.37. The van der Waals surface area contributed by atoms with Gasteiger partial charge in [-0.05, 0) is 25.6 Å². The molecule has 0 saturated carbocycles. The number of nitrogens with zero attached hydrogens (tertiary/aromatic N) is 1. The molecule has 0 bridgehead atoms. The lowest BCUT2D eigenvalue weighted by atomic mass is 10.0. The average molecular weight is 260 g/mol. The van der Waals surface area contributed by atoms with E-state index in [1.54, 1.807) is 20.2 Å². The molecule has 5 heteroatoms. The van der Waals surface area contributed by atoms with Crippen LogP contribution in [-0.2, 0) is 6.54 Å². The van der Waals surface area contributed by atoms with Gasteiger partial charge in [0.25, 0.3) is 0 Å². The highest BCUT2D eigenvalue weighted by Gasteiger charge is 2.18. The van der Waals surface area contributed by atoms with Crippen molar-refractivity contribution in [1.29, 1.82) is 0 Å². The molecule has 0 aliphatic carbocycles. The lowest BCUT2D eigenvalue weighted by Crippen LogP contribution is -2.15. The summed E-state index contributed by atoms with van der Waals surface area (Å²) in [7, 11) is 3.33. The number of hydrogen-bond acceptors (Lipinski definition) is 4. The van der Waals surface area contributed by atoms with Crippen LogP contribution in [-0.4, -0.2) is 30.2 Å². The number of aryl methyl sites for hydroxylation is 1. The van der Waals surface area contributed by atoms with Gasteiger partial charge in [-0.3, -0.25) is 0 Å². The van der Waals surface area contributed by atoms with Crippen LogP contribution >= 0.6 is 0 Å². The second-order valence-corrected chi connectivity index (χ2v) is 4.26. The van der Waals surface area contributed by atoms with Crippen molar-refractivity contribution in [3.8, 4) is 5.75 Å². The van der Waals surface area contributed by atoms with Crippen LogP contribution < -0.4 is 10.1 Å². The first kappa shape index (κ1) is 13.3. The predicted octanol–water partition coefficient (Wildman–Crippen LogP) is 1.97. The van der Waals surface area contributed by atoms with Crippen molar-refractivity contribution in [3.05, 3.63) is 35.0 Å². The molecule has 0 amide bonds. The third-order valence-corrected chi connectivity index (χ3v) is 3.14. The van der Waals surface area contributed by atoms with Crippen LogP contribution in [0.15, 0.2) is 18.2 Å². The molecular formula is C14H16N2O3. The molecule has 5 nitrogen and oxygen atoms in total. The fourth-order valence-corrected chi connectivity index (χ4v) is 2.19. The zero-order valence-corrected chi connectivity index (χ0v) is 11.2. The minimum atomic E-state index is -1.03. The van der Waals surface area contributed by atoms with Crippen molar-refractivity contribution in [3.63, 3.8) is 0 Å². The molecule has 0 saturated heterocycles. The molecule has 0 aliphatic heterocycles. The van der Waals surface area contributed by atoms with Gasteiger partial charge in [-0.2, -0.15) is 0 Å². The number of aromatic carboxylic acids is 1. The van der Waals surface area contributed by atoms with Crippen LogP contribution in [0.4, 0.5) is 0 Å². The SMILES string of the molecule is CNCc1c(C(=O)O)nc2c(OC)cccc2c1C. The van der Waals surface area contributed by atoms with Gasteiger partial charge in [0, 0.05) is 17.5 Å². The maximum Gasteiger partial charge on any atom is 0.354 e. The lowest BCUT2D eigenvalue weighted by molar-refractivity contribution is 0.0689. The van der Waals surface area contributed by atoms with Gasteiger partial charge >= 0.3 is 5.97 Å². The highest BCUT2D eigenvalue weighted by atomic mass is 16.5. The number of carbonyl (C=O) groups is 1. The number of benzene rings is 1. The first-order chi connectivity index (χ1) is 9.10. The van der Waals surface area contributed by atoms with E-state index < -0.39 is 5.97 Å². The summed E-state index contributed by atoms with van der Waals surface area (Å²) in [4.78, 5) is 15.6. The fraction of sp³-hybridized carbons (Fsp3) is 0.286. The minimum absolute atomic E-state index is 0.0730. The molecule has 2 rings (SSSR count). The van der Waals surface area contributed by atoms with Gasteiger partial charge in [0.05, 0.1) is 7.11 Å². The molecule has 2 N–H and O–H groups in total. The second kappa shape index (κ2) is 5.24. The van der Waals surface area contributed by atoms with E-state index in [0.29, 0.717) is 23.4 Å². The number of methoxy groups -OCH3 is 1. The number of pyridine rings is 1. The number of fused-ring (bicyclic) bond motifs is 1. The Morgan fingerprint density at radius 3 is 2.79 bits per heavy atom. The molecule has 1 aromatic heterocycles. The number of nitrogens with one attached hydrogen (secondary N) is 1. The van der Waals surface area contributed by atoms with Crippen LogP contribution in [0.5, 0.6) is 5.75 Å². The van der Waals surface area contributed by atoms with E-state index in [4.69, 9.17) is 4.74 Å². The Morgan fingerprint density at radius 2 is 2.21 bits per heavy atom.